The van der Waals surface area contributed by atoms with Gasteiger partial charge < -0.3 is 26.0 Å². The number of nitrogens with one attached hydrogen (secondary N) is 2. The van der Waals surface area contributed by atoms with Crippen molar-refractivity contribution in [2.24, 2.45) is 5.92 Å². The van der Waals surface area contributed by atoms with Gasteiger partial charge in [-0.2, -0.15) is 0 Å². The van der Waals surface area contributed by atoms with Crippen LogP contribution in [0.2, 0.25) is 0 Å². The Morgan fingerprint density at radius 1 is 0.966 bits per heavy atom. The molecule has 5 N–H and O–H groups in total. The molecule has 0 saturated carbocycles. The molecule has 0 fully saturated rings. The standard InChI is InChI=1S/C21H32N2O6/c1-14(2)6-4-3-5-7-19(26)22-18(13-24)20(27)23-17(21(28)29)12-15-8-10-16(25)11-9-15/h8-11,14,17-18,24-25H,3-7,12-13H2,1-2H3,(H,22,26)(H,23,27)(H,28,29)/t17?,18-/m1/s1. The van der Waals surface area contributed by atoms with Crippen molar-refractivity contribution in [1.82, 2.24) is 10.6 Å². The Bertz CT molecular complexity index is 660. The zero-order chi connectivity index (χ0) is 21.8. The van der Waals surface area contributed by atoms with Gasteiger partial charge in [0.1, 0.15) is 17.8 Å². The van der Waals surface area contributed by atoms with Crippen LogP contribution in [0.25, 0.3) is 0 Å². The molecule has 2 atom stereocenters. The van der Waals surface area contributed by atoms with Crippen molar-refractivity contribution >= 4 is 17.8 Å². The van der Waals surface area contributed by atoms with Gasteiger partial charge in [0.25, 0.3) is 0 Å². The van der Waals surface area contributed by atoms with Gasteiger partial charge in [-0.25, -0.2) is 4.79 Å². The molecule has 0 heterocycles. The molecule has 0 radical (unpaired) electrons. The molecule has 0 saturated heterocycles. The summed E-state index contributed by atoms with van der Waals surface area (Å²) < 4.78 is 0. The van der Waals surface area contributed by atoms with Crippen LogP contribution >= 0.6 is 0 Å². The SMILES string of the molecule is CC(C)CCCCCC(=O)N[C@H](CO)C(=O)NC(Cc1ccc(O)cc1)C(=O)O. The number of hydrogen-bond donors (Lipinski definition) is 5. The summed E-state index contributed by atoms with van der Waals surface area (Å²) in [5, 5.41) is 32.9. The molecule has 29 heavy (non-hydrogen) atoms. The first-order valence-electron chi connectivity index (χ1n) is 9.94. The number of carboxylic acids is 1. The van der Waals surface area contributed by atoms with E-state index in [-0.39, 0.29) is 24.5 Å². The van der Waals surface area contributed by atoms with Crippen LogP contribution in [-0.4, -0.2) is 51.8 Å². The Morgan fingerprint density at radius 3 is 2.17 bits per heavy atom. The number of amides is 2. The molecule has 8 nitrogen and oxygen atoms in total. The molecule has 0 aliphatic heterocycles. The summed E-state index contributed by atoms with van der Waals surface area (Å²) >= 11 is 0. The number of phenols is 1. The molecule has 162 valence electrons. The lowest BCUT2D eigenvalue weighted by molar-refractivity contribution is -0.142. The molecule has 1 unspecified atom stereocenters. The third-order valence-corrected chi connectivity index (χ3v) is 4.51. The first-order valence-corrected chi connectivity index (χ1v) is 9.94. The van der Waals surface area contributed by atoms with Crippen LogP contribution in [0.5, 0.6) is 5.75 Å². The van der Waals surface area contributed by atoms with Crippen molar-refractivity contribution in [3.63, 3.8) is 0 Å². The zero-order valence-corrected chi connectivity index (χ0v) is 17.1. The number of carbonyl (C=O) groups excluding carboxylic acids is 2. The largest absolute Gasteiger partial charge is 0.508 e. The Kier molecular flexibility index (Phi) is 10.8. The number of rotatable bonds is 13. The fraction of sp³-hybridized carbons (Fsp3) is 0.571. The van der Waals surface area contributed by atoms with Crippen molar-refractivity contribution in [2.45, 2.75) is 64.5 Å². The lowest BCUT2D eigenvalue weighted by atomic mass is 10.0. The number of carbonyl (C=O) groups is 3. The highest BCUT2D eigenvalue weighted by Gasteiger charge is 2.26. The summed E-state index contributed by atoms with van der Waals surface area (Å²) in [6.07, 6.45) is 3.99. The van der Waals surface area contributed by atoms with Gasteiger partial charge in [-0.3, -0.25) is 9.59 Å². The van der Waals surface area contributed by atoms with E-state index in [4.69, 9.17) is 0 Å². The predicted molar refractivity (Wildman–Crippen MR) is 108 cm³/mol. The van der Waals surface area contributed by atoms with Crippen molar-refractivity contribution in [3.05, 3.63) is 29.8 Å². The minimum Gasteiger partial charge on any atom is -0.508 e. The lowest BCUT2D eigenvalue weighted by Gasteiger charge is -2.20. The van der Waals surface area contributed by atoms with Crippen molar-refractivity contribution < 1.29 is 29.7 Å². The fourth-order valence-corrected chi connectivity index (χ4v) is 2.82. The third-order valence-electron chi connectivity index (χ3n) is 4.51. The van der Waals surface area contributed by atoms with Gasteiger partial charge >= 0.3 is 5.97 Å². The van der Waals surface area contributed by atoms with Gasteiger partial charge in [0.05, 0.1) is 6.61 Å². The number of hydrogen-bond acceptors (Lipinski definition) is 5. The molecule has 1 aromatic rings. The lowest BCUT2D eigenvalue weighted by Crippen LogP contribution is -2.53. The molecule has 2 amide bonds. The van der Waals surface area contributed by atoms with Crippen molar-refractivity contribution in [2.75, 3.05) is 6.61 Å². The van der Waals surface area contributed by atoms with Crippen LogP contribution in [-0.2, 0) is 20.8 Å². The fourth-order valence-electron chi connectivity index (χ4n) is 2.82. The average Bonchev–Trinajstić information content (AvgIpc) is 2.66. The van der Waals surface area contributed by atoms with E-state index in [1.165, 1.54) is 12.1 Å². The molecular weight excluding hydrogens is 376 g/mol. The Balaban J connectivity index is 2.52. The highest BCUT2D eigenvalue weighted by atomic mass is 16.4. The third kappa shape index (κ3) is 9.94. The number of carboxylic acid groups (broad SMARTS) is 1. The molecule has 0 aliphatic carbocycles. The number of aliphatic hydroxyl groups excluding tert-OH is 1. The van der Waals surface area contributed by atoms with E-state index in [0.717, 1.165) is 19.3 Å². The Morgan fingerprint density at radius 2 is 1.62 bits per heavy atom. The maximum absolute atomic E-state index is 12.3. The molecular formula is C21H32N2O6. The van der Waals surface area contributed by atoms with E-state index in [2.05, 4.69) is 24.5 Å². The van der Waals surface area contributed by atoms with Gasteiger partial charge in [0, 0.05) is 12.8 Å². The van der Waals surface area contributed by atoms with Crippen LogP contribution in [0.3, 0.4) is 0 Å². The number of phenolic OH excluding ortho intramolecular Hbond substituents is 1. The molecule has 0 spiro atoms. The molecule has 1 rings (SSSR count). The van der Waals surface area contributed by atoms with E-state index in [0.29, 0.717) is 17.9 Å². The van der Waals surface area contributed by atoms with E-state index in [9.17, 15) is 29.7 Å². The summed E-state index contributed by atoms with van der Waals surface area (Å²) in [4.78, 5) is 35.8. The smallest absolute Gasteiger partial charge is 0.326 e. The highest BCUT2D eigenvalue weighted by Crippen LogP contribution is 2.12. The van der Waals surface area contributed by atoms with Crippen LogP contribution in [0.1, 0.15) is 51.5 Å². The van der Waals surface area contributed by atoms with Gasteiger partial charge in [-0.05, 0) is 30.0 Å². The molecule has 1 aromatic carbocycles. The summed E-state index contributed by atoms with van der Waals surface area (Å²) in [5.74, 6) is -1.67. The molecule has 0 bridgehead atoms. The number of unbranched alkanes of at least 4 members (excludes halogenated alkanes) is 2. The summed E-state index contributed by atoms with van der Waals surface area (Å²) in [6.45, 7) is 3.66. The van der Waals surface area contributed by atoms with Crippen LogP contribution in [0.4, 0.5) is 0 Å². The van der Waals surface area contributed by atoms with Gasteiger partial charge in [0.2, 0.25) is 11.8 Å². The topological polar surface area (TPSA) is 136 Å². The second-order valence-corrected chi connectivity index (χ2v) is 7.57. The first-order chi connectivity index (χ1) is 13.7. The monoisotopic (exact) mass is 408 g/mol. The zero-order valence-electron chi connectivity index (χ0n) is 17.1. The summed E-state index contributed by atoms with van der Waals surface area (Å²) in [7, 11) is 0. The second kappa shape index (κ2) is 12.8. The van der Waals surface area contributed by atoms with E-state index >= 15 is 0 Å². The first kappa shape index (κ1) is 24.4. The number of aliphatic hydroxyl groups is 1. The summed E-state index contributed by atoms with van der Waals surface area (Å²) in [5.41, 5.74) is 0.612. The normalized spacial score (nSPS) is 13.0. The molecule has 0 aromatic heterocycles. The van der Waals surface area contributed by atoms with Crippen LogP contribution in [0, 0.1) is 5.92 Å². The highest BCUT2D eigenvalue weighted by molar-refractivity contribution is 5.90. The minimum atomic E-state index is -1.24. The van der Waals surface area contributed by atoms with Crippen LogP contribution < -0.4 is 10.6 Å². The van der Waals surface area contributed by atoms with Gasteiger partial charge in [-0.15, -0.1) is 0 Å². The van der Waals surface area contributed by atoms with Gasteiger partial charge in [-0.1, -0.05) is 45.2 Å². The maximum Gasteiger partial charge on any atom is 0.326 e. The Labute approximate surface area is 171 Å². The number of aliphatic carboxylic acids is 1. The second-order valence-electron chi connectivity index (χ2n) is 7.57. The number of benzene rings is 1. The van der Waals surface area contributed by atoms with Crippen molar-refractivity contribution in [1.29, 1.82) is 0 Å². The van der Waals surface area contributed by atoms with E-state index in [1.54, 1.807) is 12.1 Å². The summed E-state index contributed by atoms with van der Waals surface area (Å²) in [6, 6.07) is 3.53. The maximum atomic E-state index is 12.3. The molecule has 8 heteroatoms. The predicted octanol–water partition coefficient (Wildman–Crippen LogP) is 1.59. The van der Waals surface area contributed by atoms with E-state index < -0.39 is 30.6 Å². The number of aromatic hydroxyl groups is 1. The minimum absolute atomic E-state index is 0.00327. The quantitative estimate of drug-likeness (QED) is 0.315. The van der Waals surface area contributed by atoms with Crippen molar-refractivity contribution in [3.8, 4) is 5.75 Å². The molecule has 0 aliphatic rings. The average molecular weight is 408 g/mol. The Hall–Kier alpha value is -2.61. The van der Waals surface area contributed by atoms with E-state index in [1.807, 2.05) is 0 Å². The van der Waals surface area contributed by atoms with Gasteiger partial charge in [0.15, 0.2) is 0 Å². The van der Waals surface area contributed by atoms with Crippen LogP contribution in [0.15, 0.2) is 24.3 Å².